The van der Waals surface area contributed by atoms with Crippen LogP contribution in [0.2, 0.25) is 0 Å². The van der Waals surface area contributed by atoms with Crippen molar-refractivity contribution in [1.29, 1.82) is 5.41 Å². The van der Waals surface area contributed by atoms with Crippen LogP contribution in [0.15, 0.2) is 9.37 Å². The summed E-state index contributed by atoms with van der Waals surface area (Å²) in [5, 5.41) is 21.6. The van der Waals surface area contributed by atoms with Crippen LogP contribution in [0, 0.1) is 19.3 Å². The molecule has 0 spiro atoms. The maximum absolute atomic E-state index is 7.58. The number of aryl methyl sites for hydroxylation is 3. The highest BCUT2D eigenvalue weighted by Gasteiger charge is 2.18. The standard InChI is InChI=1S/C9H12N6S2/c1-4-6(7(10)11)8(15(3)14-4)17-9-13-12-5(2)16-9/h1-3H3,(H3,10,11). The predicted molar refractivity (Wildman–Crippen MR) is 67.7 cm³/mol. The summed E-state index contributed by atoms with van der Waals surface area (Å²) >= 11 is 2.94. The molecule has 0 unspecified atom stereocenters. The largest absolute Gasteiger partial charge is 0.384 e. The van der Waals surface area contributed by atoms with E-state index in [0.29, 0.717) is 5.56 Å². The van der Waals surface area contributed by atoms with Gasteiger partial charge in [0.05, 0.1) is 11.3 Å². The van der Waals surface area contributed by atoms with Crippen LogP contribution in [0.1, 0.15) is 16.3 Å². The van der Waals surface area contributed by atoms with Crippen molar-refractivity contribution >= 4 is 28.9 Å². The molecular formula is C9H12N6S2. The lowest BCUT2D eigenvalue weighted by Gasteiger charge is -2.01. The van der Waals surface area contributed by atoms with Gasteiger partial charge in [-0.1, -0.05) is 11.3 Å². The van der Waals surface area contributed by atoms with Gasteiger partial charge >= 0.3 is 0 Å². The molecule has 3 N–H and O–H groups in total. The van der Waals surface area contributed by atoms with Gasteiger partial charge in [-0.15, -0.1) is 10.2 Å². The predicted octanol–water partition coefficient (Wildman–Crippen LogP) is 1.32. The van der Waals surface area contributed by atoms with Crippen LogP contribution in [-0.4, -0.2) is 25.8 Å². The van der Waals surface area contributed by atoms with E-state index in [1.54, 1.807) is 4.68 Å². The molecule has 17 heavy (non-hydrogen) atoms. The van der Waals surface area contributed by atoms with E-state index in [2.05, 4.69) is 15.3 Å². The fourth-order valence-electron chi connectivity index (χ4n) is 1.47. The van der Waals surface area contributed by atoms with E-state index in [0.717, 1.165) is 20.1 Å². The molecule has 0 aliphatic carbocycles. The summed E-state index contributed by atoms with van der Waals surface area (Å²) in [6.07, 6.45) is 0. The maximum Gasteiger partial charge on any atom is 0.180 e. The fraction of sp³-hybridized carbons (Fsp3) is 0.333. The zero-order chi connectivity index (χ0) is 12.6. The number of hydrogen-bond acceptors (Lipinski definition) is 6. The van der Waals surface area contributed by atoms with E-state index >= 15 is 0 Å². The normalized spacial score (nSPS) is 10.8. The van der Waals surface area contributed by atoms with Crippen LogP contribution in [0.25, 0.3) is 0 Å². The lowest BCUT2D eigenvalue weighted by molar-refractivity contribution is 0.691. The summed E-state index contributed by atoms with van der Waals surface area (Å²) < 4.78 is 2.54. The molecule has 0 amide bonds. The molecule has 0 saturated carbocycles. The van der Waals surface area contributed by atoms with Crippen molar-refractivity contribution in [2.24, 2.45) is 12.8 Å². The highest BCUT2D eigenvalue weighted by atomic mass is 32.2. The number of nitrogens with one attached hydrogen (secondary N) is 1. The maximum atomic E-state index is 7.58. The Hall–Kier alpha value is -1.41. The van der Waals surface area contributed by atoms with E-state index in [9.17, 15) is 0 Å². The van der Waals surface area contributed by atoms with Gasteiger partial charge in [0.15, 0.2) is 4.34 Å². The van der Waals surface area contributed by atoms with Crippen molar-refractivity contribution < 1.29 is 0 Å². The first-order valence-electron chi connectivity index (χ1n) is 4.85. The molecule has 0 radical (unpaired) electrons. The molecule has 2 rings (SSSR count). The summed E-state index contributed by atoms with van der Waals surface area (Å²) in [4.78, 5) is 0. The molecule has 2 aromatic rings. The van der Waals surface area contributed by atoms with Gasteiger partial charge in [-0.3, -0.25) is 10.1 Å². The quantitative estimate of drug-likeness (QED) is 0.647. The Morgan fingerprint density at radius 1 is 1.41 bits per heavy atom. The Labute approximate surface area is 107 Å². The number of amidine groups is 1. The van der Waals surface area contributed by atoms with E-state index < -0.39 is 0 Å². The van der Waals surface area contributed by atoms with Gasteiger partial charge in [-0.2, -0.15) is 5.10 Å². The molecule has 0 aromatic carbocycles. The minimum absolute atomic E-state index is 0.0272. The molecule has 0 bridgehead atoms. The van der Waals surface area contributed by atoms with Gasteiger partial charge in [-0.25, -0.2) is 0 Å². The number of nitrogen functional groups attached to an aromatic ring is 1. The Morgan fingerprint density at radius 3 is 2.65 bits per heavy atom. The second-order valence-electron chi connectivity index (χ2n) is 3.49. The summed E-state index contributed by atoms with van der Waals surface area (Å²) in [6, 6.07) is 0. The zero-order valence-electron chi connectivity index (χ0n) is 9.68. The minimum atomic E-state index is 0.0272. The topological polar surface area (TPSA) is 93.5 Å². The Kier molecular flexibility index (Phi) is 3.16. The number of aromatic nitrogens is 4. The third-order valence-corrected chi connectivity index (χ3v) is 4.18. The molecule has 2 heterocycles. The van der Waals surface area contributed by atoms with Crippen LogP contribution in [-0.2, 0) is 7.05 Å². The summed E-state index contributed by atoms with van der Waals surface area (Å²) in [5.41, 5.74) is 7.00. The van der Waals surface area contributed by atoms with Gasteiger partial charge in [0, 0.05) is 7.05 Å². The van der Waals surface area contributed by atoms with Crippen LogP contribution < -0.4 is 5.73 Å². The van der Waals surface area contributed by atoms with Crippen molar-refractivity contribution in [3.8, 4) is 0 Å². The highest BCUT2D eigenvalue weighted by Crippen LogP contribution is 2.32. The first-order chi connectivity index (χ1) is 7.99. The average molecular weight is 268 g/mol. The molecule has 0 aliphatic heterocycles. The smallest absolute Gasteiger partial charge is 0.180 e. The summed E-state index contributed by atoms with van der Waals surface area (Å²) in [5.74, 6) is 0.0272. The Bertz CT molecular complexity index is 570. The van der Waals surface area contributed by atoms with Gasteiger partial charge < -0.3 is 5.73 Å². The third kappa shape index (κ3) is 2.32. The fourth-order valence-corrected chi connectivity index (χ4v) is 3.43. The van der Waals surface area contributed by atoms with Gasteiger partial charge in [0.25, 0.3) is 0 Å². The SMILES string of the molecule is Cc1nnc(Sc2c(C(=N)N)c(C)nn2C)s1. The van der Waals surface area contributed by atoms with Crippen molar-refractivity contribution in [3.05, 3.63) is 16.3 Å². The molecule has 90 valence electrons. The van der Waals surface area contributed by atoms with Gasteiger partial charge in [0.1, 0.15) is 15.9 Å². The molecule has 0 saturated heterocycles. The molecule has 0 fully saturated rings. The van der Waals surface area contributed by atoms with E-state index in [1.165, 1.54) is 23.1 Å². The lowest BCUT2D eigenvalue weighted by Crippen LogP contribution is -2.13. The number of rotatable bonds is 3. The first kappa shape index (κ1) is 12.1. The van der Waals surface area contributed by atoms with Crippen molar-refractivity contribution in [2.75, 3.05) is 0 Å². The Balaban J connectivity index is 2.41. The van der Waals surface area contributed by atoms with Crippen LogP contribution in [0.3, 0.4) is 0 Å². The lowest BCUT2D eigenvalue weighted by atomic mass is 10.2. The monoisotopic (exact) mass is 268 g/mol. The van der Waals surface area contributed by atoms with E-state index in [1.807, 2.05) is 20.9 Å². The number of nitrogens with zero attached hydrogens (tertiary/aromatic N) is 4. The number of nitrogens with two attached hydrogens (primary N) is 1. The Morgan fingerprint density at radius 2 is 2.12 bits per heavy atom. The molecule has 2 aromatic heterocycles. The molecule has 0 aliphatic rings. The van der Waals surface area contributed by atoms with E-state index in [-0.39, 0.29) is 5.84 Å². The van der Waals surface area contributed by atoms with Crippen LogP contribution in [0.4, 0.5) is 0 Å². The molecular weight excluding hydrogens is 256 g/mol. The molecule has 8 heteroatoms. The van der Waals surface area contributed by atoms with Crippen LogP contribution in [0.5, 0.6) is 0 Å². The highest BCUT2D eigenvalue weighted by molar-refractivity contribution is 8.01. The second-order valence-corrected chi connectivity index (χ2v) is 5.91. The van der Waals surface area contributed by atoms with Crippen molar-refractivity contribution in [3.63, 3.8) is 0 Å². The first-order valence-corrected chi connectivity index (χ1v) is 6.48. The van der Waals surface area contributed by atoms with Crippen molar-refractivity contribution in [1.82, 2.24) is 20.0 Å². The van der Waals surface area contributed by atoms with Gasteiger partial charge in [-0.05, 0) is 25.6 Å². The summed E-state index contributed by atoms with van der Waals surface area (Å²) in [6.45, 7) is 3.74. The summed E-state index contributed by atoms with van der Waals surface area (Å²) in [7, 11) is 1.83. The van der Waals surface area contributed by atoms with Crippen LogP contribution >= 0.6 is 23.1 Å². The third-order valence-electron chi connectivity index (χ3n) is 2.13. The molecule has 0 atom stereocenters. The average Bonchev–Trinajstić information content (AvgIpc) is 2.72. The number of hydrogen-bond donors (Lipinski definition) is 2. The van der Waals surface area contributed by atoms with Crippen molar-refractivity contribution in [2.45, 2.75) is 23.2 Å². The van der Waals surface area contributed by atoms with E-state index in [4.69, 9.17) is 11.1 Å². The van der Waals surface area contributed by atoms with Gasteiger partial charge in [0.2, 0.25) is 0 Å². The molecule has 6 nitrogen and oxygen atoms in total. The minimum Gasteiger partial charge on any atom is -0.384 e. The zero-order valence-corrected chi connectivity index (χ0v) is 11.3. The second kappa shape index (κ2) is 4.46.